The Morgan fingerprint density at radius 3 is 1.69 bits per heavy atom. The molecule has 0 aliphatic heterocycles. The van der Waals surface area contributed by atoms with E-state index in [0.717, 1.165) is 0 Å². The van der Waals surface area contributed by atoms with Crippen LogP contribution in [0.25, 0.3) is 0 Å². The zero-order valence-corrected chi connectivity index (χ0v) is 8.02. The number of carboxylic acids is 2. The standard InChI is InChI=1S/C12H6O4/c1-3-7-5-9(11(13)14)8(4-2)10(6-7)12(15)16/h1-2,5-6H,(H,13,14)(H,15,16). The van der Waals surface area contributed by atoms with Crippen LogP contribution in [0.5, 0.6) is 0 Å². The molecule has 0 atom stereocenters. The lowest BCUT2D eigenvalue weighted by atomic mass is 9.98. The van der Waals surface area contributed by atoms with Gasteiger partial charge >= 0.3 is 11.9 Å². The number of hydrogen-bond acceptors (Lipinski definition) is 2. The number of hydrogen-bond donors (Lipinski definition) is 2. The second kappa shape index (κ2) is 4.20. The number of carboxylic acid groups (broad SMARTS) is 2. The van der Waals surface area contributed by atoms with Gasteiger partial charge in [-0.1, -0.05) is 11.8 Å². The second-order valence-corrected chi connectivity index (χ2v) is 2.85. The average Bonchev–Trinajstić information content (AvgIpc) is 2.26. The zero-order chi connectivity index (χ0) is 12.3. The minimum absolute atomic E-state index is 0.161. The van der Waals surface area contributed by atoms with Crippen molar-refractivity contribution in [3.8, 4) is 24.7 Å². The molecule has 0 fully saturated rings. The lowest BCUT2D eigenvalue weighted by Crippen LogP contribution is -2.08. The number of carbonyl (C=O) groups is 2. The van der Waals surface area contributed by atoms with Crippen molar-refractivity contribution in [3.63, 3.8) is 0 Å². The van der Waals surface area contributed by atoms with Crippen LogP contribution in [-0.4, -0.2) is 22.2 Å². The Labute approximate surface area is 91.5 Å². The van der Waals surface area contributed by atoms with E-state index in [4.69, 9.17) is 23.1 Å². The summed E-state index contributed by atoms with van der Waals surface area (Å²) in [4.78, 5) is 21.7. The summed E-state index contributed by atoms with van der Waals surface area (Å²) >= 11 is 0. The van der Waals surface area contributed by atoms with Gasteiger partial charge in [0.25, 0.3) is 0 Å². The first-order chi connectivity index (χ1) is 7.51. The molecule has 1 rings (SSSR count). The first-order valence-electron chi connectivity index (χ1n) is 4.09. The third-order valence-electron chi connectivity index (χ3n) is 1.91. The molecule has 0 heterocycles. The molecule has 0 spiro atoms. The van der Waals surface area contributed by atoms with E-state index in [1.54, 1.807) is 0 Å². The Kier molecular flexibility index (Phi) is 2.98. The number of terminal acetylenes is 2. The zero-order valence-electron chi connectivity index (χ0n) is 8.02. The molecule has 0 aliphatic carbocycles. The topological polar surface area (TPSA) is 74.6 Å². The van der Waals surface area contributed by atoms with Gasteiger partial charge in [-0.2, -0.15) is 0 Å². The van der Waals surface area contributed by atoms with Crippen molar-refractivity contribution < 1.29 is 19.8 Å². The van der Waals surface area contributed by atoms with Crippen LogP contribution < -0.4 is 0 Å². The molecule has 0 aliphatic rings. The fourth-order valence-corrected chi connectivity index (χ4v) is 1.22. The van der Waals surface area contributed by atoms with E-state index in [-0.39, 0.29) is 22.3 Å². The number of rotatable bonds is 2. The maximum Gasteiger partial charge on any atom is 0.337 e. The maximum atomic E-state index is 10.9. The van der Waals surface area contributed by atoms with Crippen LogP contribution in [0.15, 0.2) is 12.1 Å². The average molecular weight is 214 g/mol. The van der Waals surface area contributed by atoms with Crippen molar-refractivity contribution in [2.45, 2.75) is 0 Å². The van der Waals surface area contributed by atoms with Gasteiger partial charge in [0.1, 0.15) is 0 Å². The van der Waals surface area contributed by atoms with E-state index in [9.17, 15) is 9.59 Å². The third-order valence-corrected chi connectivity index (χ3v) is 1.91. The van der Waals surface area contributed by atoms with E-state index in [0.29, 0.717) is 0 Å². The fraction of sp³-hybridized carbons (Fsp3) is 0. The minimum atomic E-state index is -1.31. The molecular formula is C12H6O4. The molecule has 0 amide bonds. The quantitative estimate of drug-likeness (QED) is 0.721. The Morgan fingerprint density at radius 1 is 1.00 bits per heavy atom. The van der Waals surface area contributed by atoms with Gasteiger partial charge in [0, 0.05) is 5.56 Å². The van der Waals surface area contributed by atoms with Crippen LogP contribution in [0.2, 0.25) is 0 Å². The van der Waals surface area contributed by atoms with Crippen molar-refractivity contribution in [2.75, 3.05) is 0 Å². The number of benzene rings is 1. The summed E-state index contributed by atoms with van der Waals surface area (Å²) in [5.41, 5.74) is -0.585. The third kappa shape index (κ3) is 1.87. The maximum absolute atomic E-state index is 10.9. The van der Waals surface area contributed by atoms with E-state index >= 15 is 0 Å². The molecule has 0 radical (unpaired) electrons. The van der Waals surface area contributed by atoms with E-state index < -0.39 is 11.9 Å². The minimum Gasteiger partial charge on any atom is -0.478 e. The molecular weight excluding hydrogens is 208 g/mol. The molecule has 16 heavy (non-hydrogen) atoms. The summed E-state index contributed by atoms with van der Waals surface area (Å²) in [6, 6.07) is 2.34. The second-order valence-electron chi connectivity index (χ2n) is 2.85. The molecule has 0 saturated heterocycles. The van der Waals surface area contributed by atoms with Gasteiger partial charge in [0.15, 0.2) is 0 Å². The van der Waals surface area contributed by atoms with Crippen molar-refractivity contribution in [1.29, 1.82) is 0 Å². The SMILES string of the molecule is C#Cc1cc(C(=O)O)c(C#C)c(C(=O)O)c1. The van der Waals surface area contributed by atoms with Gasteiger partial charge < -0.3 is 10.2 Å². The molecule has 78 valence electrons. The van der Waals surface area contributed by atoms with E-state index in [1.807, 2.05) is 5.92 Å². The smallest absolute Gasteiger partial charge is 0.337 e. The summed E-state index contributed by atoms with van der Waals surface area (Å²) in [5.74, 6) is 1.60. The fourth-order valence-electron chi connectivity index (χ4n) is 1.22. The molecule has 1 aromatic rings. The monoisotopic (exact) mass is 214 g/mol. The highest BCUT2D eigenvalue weighted by Crippen LogP contribution is 2.17. The first-order valence-corrected chi connectivity index (χ1v) is 4.09. The molecule has 0 unspecified atom stereocenters. The highest BCUT2D eigenvalue weighted by Gasteiger charge is 2.18. The lowest BCUT2D eigenvalue weighted by molar-refractivity contribution is 0.0696. The van der Waals surface area contributed by atoms with Crippen LogP contribution in [0.1, 0.15) is 31.8 Å². The Balaban J connectivity index is 3.69. The van der Waals surface area contributed by atoms with Crippen molar-refractivity contribution in [2.24, 2.45) is 0 Å². The molecule has 2 N–H and O–H groups in total. The summed E-state index contributed by atoms with van der Waals surface area (Å²) in [6.07, 6.45) is 10.2. The van der Waals surface area contributed by atoms with Gasteiger partial charge in [-0.05, 0) is 12.1 Å². The molecule has 0 bridgehead atoms. The normalized spacial score (nSPS) is 8.88. The van der Waals surface area contributed by atoms with Crippen molar-refractivity contribution >= 4 is 11.9 Å². The molecule has 4 heteroatoms. The Hall–Kier alpha value is -2.72. The molecule has 1 aromatic carbocycles. The van der Waals surface area contributed by atoms with Crippen LogP contribution in [0.4, 0.5) is 0 Å². The van der Waals surface area contributed by atoms with Gasteiger partial charge in [-0.3, -0.25) is 0 Å². The molecule has 4 nitrogen and oxygen atoms in total. The summed E-state index contributed by atoms with van der Waals surface area (Å²) in [5, 5.41) is 17.7. The summed E-state index contributed by atoms with van der Waals surface area (Å²) in [7, 11) is 0. The predicted octanol–water partition coefficient (Wildman–Crippen LogP) is 1.05. The van der Waals surface area contributed by atoms with Crippen LogP contribution in [0, 0.1) is 24.7 Å². The van der Waals surface area contributed by atoms with Crippen LogP contribution in [0.3, 0.4) is 0 Å². The highest BCUT2D eigenvalue weighted by molar-refractivity contribution is 5.99. The summed E-state index contributed by atoms with van der Waals surface area (Å²) < 4.78 is 0. The van der Waals surface area contributed by atoms with Gasteiger partial charge in [0.05, 0.1) is 16.7 Å². The van der Waals surface area contributed by atoms with Gasteiger partial charge in [0.2, 0.25) is 0 Å². The number of aromatic carboxylic acids is 2. The van der Waals surface area contributed by atoms with Gasteiger partial charge in [-0.25, -0.2) is 9.59 Å². The molecule has 0 aromatic heterocycles. The predicted molar refractivity (Wildman–Crippen MR) is 56.2 cm³/mol. The van der Waals surface area contributed by atoms with Crippen LogP contribution in [-0.2, 0) is 0 Å². The van der Waals surface area contributed by atoms with E-state index in [1.165, 1.54) is 12.1 Å². The Bertz CT molecular complexity index is 520. The van der Waals surface area contributed by atoms with E-state index in [2.05, 4.69) is 5.92 Å². The lowest BCUT2D eigenvalue weighted by Gasteiger charge is -2.05. The largest absolute Gasteiger partial charge is 0.478 e. The van der Waals surface area contributed by atoms with Gasteiger partial charge in [-0.15, -0.1) is 12.8 Å². The van der Waals surface area contributed by atoms with Crippen molar-refractivity contribution in [3.05, 3.63) is 34.4 Å². The Morgan fingerprint density at radius 2 is 1.44 bits per heavy atom. The van der Waals surface area contributed by atoms with Crippen molar-refractivity contribution in [1.82, 2.24) is 0 Å². The van der Waals surface area contributed by atoms with Crippen LogP contribution >= 0.6 is 0 Å². The summed E-state index contributed by atoms with van der Waals surface area (Å²) in [6.45, 7) is 0. The highest BCUT2D eigenvalue weighted by atomic mass is 16.4. The molecule has 0 saturated carbocycles. The first kappa shape index (κ1) is 11.4.